The largest absolute Gasteiger partial charge is 0.375 e. The Hall–Kier alpha value is -3.06. The highest BCUT2D eigenvalue weighted by molar-refractivity contribution is 5.87. The molecule has 2 aromatic carbocycles. The van der Waals surface area contributed by atoms with Crippen LogP contribution in [0.25, 0.3) is 0 Å². The molecule has 0 aromatic heterocycles. The summed E-state index contributed by atoms with van der Waals surface area (Å²) in [4.78, 5) is 17.3. The first-order chi connectivity index (χ1) is 15.1. The van der Waals surface area contributed by atoms with Gasteiger partial charge < -0.3 is 20.6 Å². The first-order valence-corrected chi connectivity index (χ1v) is 11.1. The minimum atomic E-state index is -1.46. The van der Waals surface area contributed by atoms with E-state index >= 15 is 0 Å². The number of carbonyl (C=O) groups is 1. The van der Waals surface area contributed by atoms with Crippen LogP contribution >= 0.6 is 0 Å². The van der Waals surface area contributed by atoms with Crippen molar-refractivity contribution in [2.75, 3.05) is 31.6 Å². The van der Waals surface area contributed by atoms with E-state index in [2.05, 4.69) is 10.5 Å². The maximum Gasteiger partial charge on any atom is 0.259 e. The lowest BCUT2D eigenvalue weighted by Crippen LogP contribution is -2.58. The smallest absolute Gasteiger partial charge is 0.259 e. The van der Waals surface area contributed by atoms with Crippen LogP contribution in [0.4, 0.5) is 5.69 Å². The number of anilines is 1. The minimum Gasteiger partial charge on any atom is -0.375 e. The van der Waals surface area contributed by atoms with Crippen molar-refractivity contribution in [3.05, 3.63) is 66.2 Å². The van der Waals surface area contributed by atoms with Gasteiger partial charge in [0.05, 0.1) is 5.69 Å². The van der Waals surface area contributed by atoms with Crippen molar-refractivity contribution in [3.8, 4) is 0 Å². The molecule has 31 heavy (non-hydrogen) atoms. The van der Waals surface area contributed by atoms with E-state index in [4.69, 9.17) is 5.73 Å². The van der Waals surface area contributed by atoms with Gasteiger partial charge in [0.2, 0.25) is 5.96 Å². The van der Waals surface area contributed by atoms with Crippen molar-refractivity contribution in [2.24, 2.45) is 16.8 Å². The molecule has 2 fully saturated rings. The number of guanidine groups is 1. The summed E-state index contributed by atoms with van der Waals surface area (Å²) in [5, 5.41) is 16.0. The summed E-state index contributed by atoms with van der Waals surface area (Å²) < 4.78 is 0. The molecule has 1 unspecified atom stereocenters. The second-order valence-corrected chi connectivity index (χ2v) is 8.34. The Kier molecular flexibility index (Phi) is 6.42. The van der Waals surface area contributed by atoms with Gasteiger partial charge in [0.25, 0.3) is 5.91 Å². The zero-order valence-corrected chi connectivity index (χ0v) is 17.8. The van der Waals surface area contributed by atoms with Gasteiger partial charge in [-0.1, -0.05) is 61.4 Å². The molecule has 1 saturated carbocycles. The first kappa shape index (κ1) is 21.2. The second kappa shape index (κ2) is 9.39. The average molecular weight is 422 g/mol. The van der Waals surface area contributed by atoms with Crippen molar-refractivity contribution in [2.45, 2.75) is 31.3 Å². The predicted molar refractivity (Wildman–Crippen MR) is 122 cm³/mol. The second-order valence-electron chi connectivity index (χ2n) is 8.34. The molecule has 2 aromatic rings. The van der Waals surface area contributed by atoms with Crippen LogP contribution in [0.2, 0.25) is 0 Å². The molecule has 1 aliphatic heterocycles. The zero-order valence-electron chi connectivity index (χ0n) is 17.8. The molecular weight excluding hydrogens is 390 g/mol. The van der Waals surface area contributed by atoms with Crippen molar-refractivity contribution in [1.82, 2.24) is 9.80 Å². The third-order valence-electron chi connectivity index (χ3n) is 6.45. The van der Waals surface area contributed by atoms with E-state index in [1.807, 2.05) is 65.6 Å². The van der Waals surface area contributed by atoms with E-state index in [1.54, 1.807) is 4.90 Å². The third kappa shape index (κ3) is 4.51. The van der Waals surface area contributed by atoms with Crippen LogP contribution < -0.4 is 11.2 Å². The minimum absolute atomic E-state index is 0.0397. The molecule has 1 saturated heterocycles. The number of hydrogen-bond donors (Lipinski definition) is 3. The Morgan fingerprint density at radius 1 is 0.935 bits per heavy atom. The van der Waals surface area contributed by atoms with Crippen molar-refractivity contribution in [1.29, 1.82) is 0 Å². The van der Waals surface area contributed by atoms with Gasteiger partial charge in [-0.25, -0.2) is 0 Å². The average Bonchev–Trinajstić information content (AvgIpc) is 3.38. The molecule has 7 heteroatoms. The van der Waals surface area contributed by atoms with Gasteiger partial charge in [-0.15, -0.1) is 5.10 Å². The molecule has 1 heterocycles. The molecule has 4 rings (SSSR count). The Morgan fingerprint density at radius 2 is 1.48 bits per heavy atom. The fraction of sp³-hybridized carbons (Fsp3) is 0.417. The van der Waals surface area contributed by atoms with Crippen LogP contribution in [0.1, 0.15) is 31.2 Å². The van der Waals surface area contributed by atoms with Crippen LogP contribution in [-0.2, 0) is 10.4 Å². The SMILES string of the molecule is NC(=NNc1ccccc1)N1CCN(C(=O)C(O)(c2ccccc2)C2CCCC2)CC1. The number of rotatable bonds is 5. The molecule has 7 nitrogen and oxygen atoms in total. The maximum absolute atomic E-state index is 13.6. The van der Waals surface area contributed by atoms with Crippen LogP contribution in [0.3, 0.4) is 0 Å². The number of amides is 1. The van der Waals surface area contributed by atoms with E-state index < -0.39 is 5.60 Å². The molecule has 4 N–H and O–H groups in total. The van der Waals surface area contributed by atoms with Gasteiger partial charge >= 0.3 is 0 Å². The van der Waals surface area contributed by atoms with Crippen molar-refractivity contribution < 1.29 is 9.90 Å². The fourth-order valence-corrected chi connectivity index (χ4v) is 4.65. The molecule has 0 radical (unpaired) electrons. The van der Waals surface area contributed by atoms with Gasteiger partial charge in [-0.05, 0) is 30.5 Å². The monoisotopic (exact) mass is 421 g/mol. The molecule has 1 amide bonds. The lowest BCUT2D eigenvalue weighted by atomic mass is 9.79. The first-order valence-electron chi connectivity index (χ1n) is 11.1. The summed E-state index contributed by atoms with van der Waals surface area (Å²) in [7, 11) is 0. The Bertz CT molecular complexity index is 891. The molecule has 1 atom stereocenters. The molecule has 164 valence electrons. The van der Waals surface area contributed by atoms with Crippen molar-refractivity contribution >= 4 is 17.6 Å². The highest BCUT2D eigenvalue weighted by Crippen LogP contribution is 2.42. The van der Waals surface area contributed by atoms with E-state index in [1.165, 1.54) is 0 Å². The van der Waals surface area contributed by atoms with Gasteiger partial charge in [-0.3, -0.25) is 10.2 Å². The summed E-state index contributed by atoms with van der Waals surface area (Å²) in [6.45, 7) is 2.16. The predicted octanol–water partition coefficient (Wildman–Crippen LogP) is 2.55. The standard InChI is InChI=1S/C24H31N5O2/c25-23(27-26-21-13-5-2-6-14-21)29-17-15-28(16-18-29)22(30)24(31,20-11-7-8-12-20)19-9-3-1-4-10-19/h1-6,9-10,13-14,20,26,31H,7-8,11-12,15-18H2,(H2,25,27). The summed E-state index contributed by atoms with van der Waals surface area (Å²) in [5.74, 6) is 0.162. The number of nitrogens with two attached hydrogens (primary N) is 1. The van der Waals surface area contributed by atoms with Crippen LogP contribution in [0.5, 0.6) is 0 Å². The number of benzene rings is 2. The number of nitrogens with one attached hydrogen (secondary N) is 1. The maximum atomic E-state index is 13.6. The lowest BCUT2D eigenvalue weighted by molar-refractivity contribution is -0.160. The number of nitrogens with zero attached hydrogens (tertiary/aromatic N) is 3. The number of aliphatic hydroxyl groups is 1. The fourth-order valence-electron chi connectivity index (χ4n) is 4.65. The summed E-state index contributed by atoms with van der Waals surface area (Å²) in [6.07, 6.45) is 3.87. The van der Waals surface area contributed by atoms with Gasteiger partial charge in [0, 0.05) is 32.1 Å². The normalized spacial score (nSPS) is 19.8. The molecule has 0 spiro atoms. The molecular formula is C24H31N5O2. The number of para-hydroxylation sites is 1. The van der Waals surface area contributed by atoms with Crippen molar-refractivity contribution in [3.63, 3.8) is 0 Å². The van der Waals surface area contributed by atoms with E-state index in [0.717, 1.165) is 31.4 Å². The number of hydrogen-bond acceptors (Lipinski definition) is 4. The number of carbonyl (C=O) groups excluding carboxylic acids is 1. The number of hydrazone groups is 1. The number of piperazine rings is 1. The molecule has 1 aliphatic carbocycles. The van der Waals surface area contributed by atoms with Crippen LogP contribution in [-0.4, -0.2) is 53.0 Å². The lowest BCUT2D eigenvalue weighted by Gasteiger charge is -2.41. The van der Waals surface area contributed by atoms with E-state index in [-0.39, 0.29) is 11.8 Å². The zero-order chi connectivity index (χ0) is 21.7. The summed E-state index contributed by atoms with van der Waals surface area (Å²) in [6, 6.07) is 19.0. The molecule has 0 bridgehead atoms. The Labute approximate surface area is 183 Å². The van der Waals surface area contributed by atoms with Gasteiger partial charge in [0.1, 0.15) is 0 Å². The quantitative estimate of drug-likeness (QED) is 0.392. The van der Waals surface area contributed by atoms with E-state index in [9.17, 15) is 9.90 Å². The summed E-state index contributed by atoms with van der Waals surface area (Å²) in [5.41, 5.74) is 9.21. The van der Waals surface area contributed by atoms with Crippen LogP contribution in [0.15, 0.2) is 65.8 Å². The Balaban J connectivity index is 1.42. The summed E-state index contributed by atoms with van der Waals surface area (Å²) >= 11 is 0. The topological polar surface area (TPSA) is 94.2 Å². The van der Waals surface area contributed by atoms with Gasteiger partial charge in [-0.2, -0.15) is 0 Å². The van der Waals surface area contributed by atoms with E-state index in [0.29, 0.717) is 37.7 Å². The Morgan fingerprint density at radius 3 is 2.10 bits per heavy atom. The van der Waals surface area contributed by atoms with Crippen LogP contribution in [0, 0.1) is 5.92 Å². The highest BCUT2D eigenvalue weighted by atomic mass is 16.3. The highest BCUT2D eigenvalue weighted by Gasteiger charge is 2.48. The molecule has 2 aliphatic rings. The third-order valence-corrected chi connectivity index (χ3v) is 6.45. The van der Waals surface area contributed by atoms with Gasteiger partial charge in [0.15, 0.2) is 5.60 Å².